The quantitative estimate of drug-likeness (QED) is 0.609. The van der Waals surface area contributed by atoms with Crippen molar-refractivity contribution < 1.29 is 14.3 Å². The lowest BCUT2D eigenvalue weighted by Gasteiger charge is -2.31. The van der Waals surface area contributed by atoms with E-state index in [0.717, 1.165) is 5.56 Å². The van der Waals surface area contributed by atoms with Gasteiger partial charge in [0.15, 0.2) is 0 Å². The van der Waals surface area contributed by atoms with Gasteiger partial charge >= 0.3 is 5.97 Å². The molecule has 1 amide bonds. The van der Waals surface area contributed by atoms with Crippen molar-refractivity contribution >= 4 is 11.9 Å². The fourth-order valence-electron chi connectivity index (χ4n) is 4.05. The maximum absolute atomic E-state index is 12.6. The summed E-state index contributed by atoms with van der Waals surface area (Å²) in [4.78, 5) is 31.0. The van der Waals surface area contributed by atoms with Crippen LogP contribution in [-0.2, 0) is 20.7 Å². The SMILES string of the molecule is CCOC(=O)[C@H]1[C@@H]2CN(C(=O)CCc3cccnc3)C[C@@H]2C=C[C@@H]1C. The van der Waals surface area contributed by atoms with Crippen LogP contribution in [0.3, 0.4) is 0 Å². The molecule has 5 heteroatoms. The summed E-state index contributed by atoms with van der Waals surface area (Å²) in [5.41, 5.74) is 1.07. The molecule has 5 nitrogen and oxygen atoms in total. The number of esters is 1. The first-order valence-corrected chi connectivity index (χ1v) is 9.11. The Morgan fingerprint density at radius 2 is 2.16 bits per heavy atom. The Morgan fingerprint density at radius 1 is 1.32 bits per heavy atom. The van der Waals surface area contributed by atoms with Crippen molar-refractivity contribution in [1.29, 1.82) is 0 Å². The van der Waals surface area contributed by atoms with Crippen LogP contribution in [-0.4, -0.2) is 41.5 Å². The number of aromatic nitrogens is 1. The number of carbonyl (C=O) groups excluding carboxylic acids is 2. The molecular weight excluding hydrogens is 316 g/mol. The van der Waals surface area contributed by atoms with Crippen molar-refractivity contribution in [1.82, 2.24) is 9.88 Å². The van der Waals surface area contributed by atoms with E-state index in [2.05, 4.69) is 24.1 Å². The van der Waals surface area contributed by atoms with Gasteiger partial charge in [0.25, 0.3) is 0 Å². The normalized spacial score (nSPS) is 27.8. The first-order chi connectivity index (χ1) is 12.1. The molecule has 25 heavy (non-hydrogen) atoms. The van der Waals surface area contributed by atoms with Gasteiger partial charge in [0.2, 0.25) is 5.91 Å². The van der Waals surface area contributed by atoms with Gasteiger partial charge in [-0.1, -0.05) is 25.1 Å². The highest BCUT2D eigenvalue weighted by Crippen LogP contribution is 2.40. The lowest BCUT2D eigenvalue weighted by Crippen LogP contribution is -2.37. The third-order valence-electron chi connectivity index (χ3n) is 5.36. The molecule has 0 bridgehead atoms. The van der Waals surface area contributed by atoms with Gasteiger partial charge in [-0.15, -0.1) is 0 Å². The molecule has 0 radical (unpaired) electrons. The molecule has 0 saturated carbocycles. The molecule has 1 fully saturated rings. The summed E-state index contributed by atoms with van der Waals surface area (Å²) in [5, 5.41) is 0. The molecule has 0 aromatic carbocycles. The van der Waals surface area contributed by atoms with Crippen molar-refractivity contribution in [3.8, 4) is 0 Å². The number of nitrogens with zero attached hydrogens (tertiary/aromatic N) is 2. The molecule has 3 rings (SSSR count). The van der Waals surface area contributed by atoms with Crippen LogP contribution in [0.15, 0.2) is 36.7 Å². The van der Waals surface area contributed by atoms with Crippen LogP contribution in [0.4, 0.5) is 0 Å². The molecule has 1 aromatic heterocycles. The fraction of sp³-hybridized carbons (Fsp3) is 0.550. The zero-order chi connectivity index (χ0) is 17.8. The Bertz CT molecular complexity index is 644. The second-order valence-electron chi connectivity index (χ2n) is 7.01. The van der Waals surface area contributed by atoms with Crippen LogP contribution < -0.4 is 0 Å². The topological polar surface area (TPSA) is 59.5 Å². The Hall–Kier alpha value is -2.17. The van der Waals surface area contributed by atoms with Gasteiger partial charge in [0.05, 0.1) is 12.5 Å². The van der Waals surface area contributed by atoms with Gasteiger partial charge < -0.3 is 9.64 Å². The minimum absolute atomic E-state index is 0.126. The van der Waals surface area contributed by atoms with E-state index in [-0.39, 0.29) is 35.5 Å². The third kappa shape index (κ3) is 3.91. The molecule has 0 unspecified atom stereocenters. The number of carbonyl (C=O) groups is 2. The van der Waals surface area contributed by atoms with Gasteiger partial charge in [0, 0.05) is 31.9 Å². The standard InChI is InChI=1S/C20H26N2O3/c1-3-25-20(24)19-14(2)6-8-16-12-22(13-17(16)19)18(23)9-7-15-5-4-10-21-11-15/h4-6,8,10-11,14,16-17,19H,3,7,9,12-13H2,1-2H3/t14-,16-,17+,19+/m0/s1. The first kappa shape index (κ1) is 17.6. The van der Waals surface area contributed by atoms with Crippen molar-refractivity contribution in [3.63, 3.8) is 0 Å². The van der Waals surface area contributed by atoms with Crippen LogP contribution in [0.2, 0.25) is 0 Å². The molecule has 134 valence electrons. The van der Waals surface area contributed by atoms with E-state index in [0.29, 0.717) is 32.5 Å². The van der Waals surface area contributed by atoms with Crippen LogP contribution >= 0.6 is 0 Å². The average molecular weight is 342 g/mol. The fourth-order valence-corrected chi connectivity index (χ4v) is 4.05. The van der Waals surface area contributed by atoms with Crippen LogP contribution in [0, 0.1) is 23.7 Å². The van der Waals surface area contributed by atoms with E-state index in [9.17, 15) is 9.59 Å². The molecule has 1 saturated heterocycles. The van der Waals surface area contributed by atoms with E-state index in [1.807, 2.05) is 24.0 Å². The summed E-state index contributed by atoms with van der Waals surface area (Å²) < 4.78 is 5.28. The number of ether oxygens (including phenoxy) is 1. The zero-order valence-electron chi connectivity index (χ0n) is 14.9. The van der Waals surface area contributed by atoms with E-state index < -0.39 is 0 Å². The molecule has 2 aliphatic rings. The zero-order valence-corrected chi connectivity index (χ0v) is 14.9. The van der Waals surface area contributed by atoms with Crippen molar-refractivity contribution in [2.75, 3.05) is 19.7 Å². The van der Waals surface area contributed by atoms with Gasteiger partial charge in [-0.25, -0.2) is 0 Å². The minimum atomic E-state index is -0.147. The Kier molecular flexibility index (Phi) is 5.51. The number of hydrogen-bond donors (Lipinski definition) is 0. The van der Waals surface area contributed by atoms with Crippen molar-refractivity contribution in [2.24, 2.45) is 23.7 Å². The average Bonchev–Trinajstić information content (AvgIpc) is 3.04. The molecule has 1 aliphatic carbocycles. The van der Waals surface area contributed by atoms with Crippen molar-refractivity contribution in [3.05, 3.63) is 42.2 Å². The summed E-state index contributed by atoms with van der Waals surface area (Å²) in [5.74, 6) is 0.465. The van der Waals surface area contributed by atoms with E-state index in [4.69, 9.17) is 4.74 Å². The number of hydrogen-bond acceptors (Lipinski definition) is 4. The summed E-state index contributed by atoms with van der Waals surface area (Å²) in [6, 6.07) is 3.88. The maximum atomic E-state index is 12.6. The number of rotatable bonds is 5. The summed E-state index contributed by atoms with van der Waals surface area (Å²) in [7, 11) is 0. The van der Waals surface area contributed by atoms with Crippen LogP contribution in [0.1, 0.15) is 25.8 Å². The molecule has 2 heterocycles. The number of allylic oxidation sites excluding steroid dienone is 1. The number of fused-ring (bicyclic) bond motifs is 1. The monoisotopic (exact) mass is 342 g/mol. The van der Waals surface area contributed by atoms with E-state index in [1.165, 1.54) is 0 Å². The molecule has 0 N–H and O–H groups in total. The predicted octanol–water partition coefficient (Wildman–Crippen LogP) is 2.47. The Morgan fingerprint density at radius 3 is 2.88 bits per heavy atom. The molecule has 4 atom stereocenters. The summed E-state index contributed by atoms with van der Waals surface area (Å²) in [6.45, 7) is 5.64. The highest BCUT2D eigenvalue weighted by atomic mass is 16.5. The highest BCUT2D eigenvalue weighted by Gasteiger charge is 2.45. The number of amides is 1. The van der Waals surface area contributed by atoms with E-state index >= 15 is 0 Å². The molecule has 1 aliphatic heterocycles. The smallest absolute Gasteiger partial charge is 0.309 e. The molecular formula is C20H26N2O3. The van der Waals surface area contributed by atoms with Crippen LogP contribution in [0.25, 0.3) is 0 Å². The second kappa shape index (κ2) is 7.81. The Labute approximate surface area is 149 Å². The molecule has 1 aromatic rings. The van der Waals surface area contributed by atoms with E-state index in [1.54, 1.807) is 12.4 Å². The first-order valence-electron chi connectivity index (χ1n) is 9.11. The van der Waals surface area contributed by atoms with Crippen LogP contribution in [0.5, 0.6) is 0 Å². The van der Waals surface area contributed by atoms with Gasteiger partial charge in [-0.05, 0) is 42.7 Å². The minimum Gasteiger partial charge on any atom is -0.466 e. The van der Waals surface area contributed by atoms with Crippen molar-refractivity contribution in [2.45, 2.75) is 26.7 Å². The molecule has 0 spiro atoms. The third-order valence-corrected chi connectivity index (χ3v) is 5.36. The highest BCUT2D eigenvalue weighted by molar-refractivity contribution is 5.78. The van der Waals surface area contributed by atoms with Gasteiger partial charge in [0.1, 0.15) is 0 Å². The summed E-state index contributed by atoms with van der Waals surface area (Å²) >= 11 is 0. The Balaban J connectivity index is 1.62. The predicted molar refractivity (Wildman–Crippen MR) is 94.5 cm³/mol. The lowest BCUT2D eigenvalue weighted by molar-refractivity contribution is -0.152. The lowest BCUT2D eigenvalue weighted by atomic mass is 9.72. The summed E-state index contributed by atoms with van der Waals surface area (Å²) in [6.07, 6.45) is 9.00. The number of likely N-dealkylation sites (tertiary alicyclic amines) is 1. The number of pyridine rings is 1. The second-order valence-corrected chi connectivity index (χ2v) is 7.01. The largest absolute Gasteiger partial charge is 0.466 e. The number of aryl methyl sites for hydroxylation is 1. The van der Waals surface area contributed by atoms with Gasteiger partial charge in [-0.2, -0.15) is 0 Å². The maximum Gasteiger partial charge on any atom is 0.309 e. The van der Waals surface area contributed by atoms with Gasteiger partial charge in [-0.3, -0.25) is 14.6 Å².